The van der Waals surface area contributed by atoms with Crippen molar-refractivity contribution in [1.82, 2.24) is 4.90 Å². The molecule has 1 aliphatic rings. The van der Waals surface area contributed by atoms with Gasteiger partial charge in [-0.2, -0.15) is 0 Å². The highest BCUT2D eigenvalue weighted by Crippen LogP contribution is 2.25. The molecule has 18 heavy (non-hydrogen) atoms. The maximum absolute atomic E-state index is 11.6. The van der Waals surface area contributed by atoms with Crippen molar-refractivity contribution in [1.29, 1.82) is 0 Å². The van der Waals surface area contributed by atoms with Gasteiger partial charge in [0.25, 0.3) is 0 Å². The molecule has 1 aromatic heterocycles. The second kappa shape index (κ2) is 5.42. The van der Waals surface area contributed by atoms with Gasteiger partial charge >= 0.3 is 0 Å². The number of furan rings is 1. The Morgan fingerprint density at radius 1 is 1.39 bits per heavy atom. The fourth-order valence-electron chi connectivity index (χ4n) is 2.47. The van der Waals surface area contributed by atoms with E-state index in [-0.39, 0.29) is 23.6 Å². The van der Waals surface area contributed by atoms with Crippen LogP contribution in [0, 0.1) is 0 Å². The molecule has 5 nitrogen and oxygen atoms in total. The Bertz CT molecular complexity index is 468. The minimum atomic E-state index is -2.89. The number of nitrogens with two attached hydrogens (primary N) is 1. The van der Waals surface area contributed by atoms with Crippen molar-refractivity contribution in [3.05, 3.63) is 24.2 Å². The highest BCUT2D eigenvalue weighted by molar-refractivity contribution is 7.91. The van der Waals surface area contributed by atoms with Gasteiger partial charge in [0.15, 0.2) is 9.84 Å². The quantitative estimate of drug-likeness (QED) is 0.880. The van der Waals surface area contributed by atoms with Crippen LogP contribution in [-0.2, 0) is 9.84 Å². The van der Waals surface area contributed by atoms with Gasteiger partial charge in [0.2, 0.25) is 0 Å². The molecule has 0 radical (unpaired) electrons. The Labute approximate surface area is 108 Å². The van der Waals surface area contributed by atoms with Crippen LogP contribution in [0.5, 0.6) is 0 Å². The van der Waals surface area contributed by atoms with Gasteiger partial charge in [0.1, 0.15) is 5.76 Å². The zero-order valence-electron chi connectivity index (χ0n) is 10.6. The second-order valence-corrected chi connectivity index (χ2v) is 7.16. The lowest BCUT2D eigenvalue weighted by Crippen LogP contribution is -2.40. The second-order valence-electron chi connectivity index (χ2n) is 4.86. The molecule has 0 saturated carbocycles. The van der Waals surface area contributed by atoms with E-state index in [4.69, 9.17) is 10.2 Å². The van der Waals surface area contributed by atoms with Gasteiger partial charge in [-0.15, -0.1) is 0 Å². The van der Waals surface area contributed by atoms with Crippen molar-refractivity contribution in [2.75, 3.05) is 24.6 Å². The Morgan fingerprint density at radius 2 is 2.17 bits per heavy atom. The first-order valence-corrected chi connectivity index (χ1v) is 8.05. The van der Waals surface area contributed by atoms with Crippen LogP contribution in [0.15, 0.2) is 22.8 Å². The molecule has 0 aliphatic carbocycles. The molecule has 2 N–H and O–H groups in total. The summed E-state index contributed by atoms with van der Waals surface area (Å²) in [5, 5.41) is 0. The Kier molecular flexibility index (Phi) is 4.09. The smallest absolute Gasteiger partial charge is 0.151 e. The van der Waals surface area contributed by atoms with Gasteiger partial charge in [-0.3, -0.25) is 4.90 Å². The summed E-state index contributed by atoms with van der Waals surface area (Å²) in [7, 11) is -2.89. The van der Waals surface area contributed by atoms with Crippen molar-refractivity contribution >= 4 is 9.84 Å². The third-order valence-electron chi connectivity index (χ3n) is 3.32. The van der Waals surface area contributed by atoms with Crippen molar-refractivity contribution in [2.45, 2.75) is 25.4 Å². The Hall–Kier alpha value is -0.850. The first-order chi connectivity index (χ1) is 8.49. The molecule has 0 spiro atoms. The summed E-state index contributed by atoms with van der Waals surface area (Å²) < 4.78 is 28.7. The summed E-state index contributed by atoms with van der Waals surface area (Å²) in [6.45, 7) is 3.19. The van der Waals surface area contributed by atoms with Crippen molar-refractivity contribution in [3.8, 4) is 0 Å². The van der Waals surface area contributed by atoms with E-state index in [0.29, 0.717) is 13.0 Å². The fourth-order valence-corrected chi connectivity index (χ4v) is 3.75. The van der Waals surface area contributed by atoms with E-state index in [9.17, 15) is 8.42 Å². The Balaban J connectivity index is 2.17. The van der Waals surface area contributed by atoms with Crippen LogP contribution in [0.2, 0.25) is 0 Å². The van der Waals surface area contributed by atoms with Crippen LogP contribution in [0.1, 0.15) is 25.1 Å². The number of hydrogen-bond acceptors (Lipinski definition) is 5. The minimum Gasteiger partial charge on any atom is -0.468 e. The first-order valence-electron chi connectivity index (χ1n) is 6.23. The maximum Gasteiger partial charge on any atom is 0.151 e. The van der Waals surface area contributed by atoms with Gasteiger partial charge in [-0.1, -0.05) is 0 Å². The highest BCUT2D eigenvalue weighted by Gasteiger charge is 2.29. The van der Waals surface area contributed by atoms with Crippen molar-refractivity contribution in [3.63, 3.8) is 0 Å². The highest BCUT2D eigenvalue weighted by atomic mass is 32.2. The number of hydrogen-bond donors (Lipinski definition) is 1. The molecule has 1 aromatic rings. The zero-order valence-corrected chi connectivity index (χ0v) is 11.4. The molecule has 2 rings (SSSR count). The predicted octanol–water partition coefficient (Wildman–Crippen LogP) is 0.788. The monoisotopic (exact) mass is 272 g/mol. The van der Waals surface area contributed by atoms with Crippen LogP contribution in [-0.4, -0.2) is 44.0 Å². The van der Waals surface area contributed by atoms with E-state index >= 15 is 0 Å². The minimum absolute atomic E-state index is 0.0479. The lowest BCUT2D eigenvalue weighted by molar-refractivity contribution is 0.166. The average Bonchev–Trinajstić information content (AvgIpc) is 2.72. The average molecular weight is 272 g/mol. The molecule has 6 heteroatoms. The van der Waals surface area contributed by atoms with Crippen LogP contribution >= 0.6 is 0 Å². The van der Waals surface area contributed by atoms with E-state index in [1.54, 1.807) is 6.26 Å². The normalized spacial score (nSPS) is 24.3. The summed E-state index contributed by atoms with van der Waals surface area (Å²) >= 11 is 0. The first kappa shape index (κ1) is 13.6. The summed E-state index contributed by atoms with van der Waals surface area (Å²) in [6.07, 6.45) is 2.28. The van der Waals surface area contributed by atoms with E-state index in [1.165, 1.54) is 0 Å². The largest absolute Gasteiger partial charge is 0.468 e. The van der Waals surface area contributed by atoms with Gasteiger partial charge in [-0.05, 0) is 32.0 Å². The van der Waals surface area contributed by atoms with Crippen LogP contribution in [0.4, 0.5) is 0 Å². The lowest BCUT2D eigenvalue weighted by atomic mass is 10.1. The van der Waals surface area contributed by atoms with Gasteiger partial charge in [0.05, 0.1) is 23.8 Å². The van der Waals surface area contributed by atoms with E-state index in [0.717, 1.165) is 12.3 Å². The molecule has 2 unspecified atom stereocenters. The standard InChI is InChI=1S/C12H20N2O3S/c1-10(13)12(11-4-2-7-17-11)14-5-3-8-18(15,16)9-6-14/h2,4,7,10,12H,3,5-6,8-9,13H2,1H3. The van der Waals surface area contributed by atoms with Crippen molar-refractivity contribution < 1.29 is 12.8 Å². The molecule has 2 heterocycles. The third-order valence-corrected chi connectivity index (χ3v) is 5.03. The molecule has 2 atom stereocenters. The zero-order chi connectivity index (χ0) is 13.2. The van der Waals surface area contributed by atoms with E-state index < -0.39 is 9.84 Å². The molecule has 0 bridgehead atoms. The molecular formula is C12H20N2O3S. The third kappa shape index (κ3) is 3.13. The lowest BCUT2D eigenvalue weighted by Gasteiger charge is -2.31. The van der Waals surface area contributed by atoms with Gasteiger partial charge in [0, 0.05) is 12.6 Å². The predicted molar refractivity (Wildman–Crippen MR) is 69.9 cm³/mol. The van der Waals surface area contributed by atoms with E-state index in [1.807, 2.05) is 19.1 Å². The Morgan fingerprint density at radius 3 is 2.78 bits per heavy atom. The summed E-state index contributed by atoms with van der Waals surface area (Å²) in [5.74, 6) is 1.29. The molecule has 1 fully saturated rings. The molecule has 102 valence electrons. The van der Waals surface area contributed by atoms with Crippen molar-refractivity contribution in [2.24, 2.45) is 5.73 Å². The molecule has 0 amide bonds. The molecule has 0 aromatic carbocycles. The summed E-state index contributed by atoms with van der Waals surface area (Å²) in [5.41, 5.74) is 6.03. The van der Waals surface area contributed by atoms with Crippen LogP contribution in [0.25, 0.3) is 0 Å². The number of nitrogens with zero attached hydrogens (tertiary/aromatic N) is 1. The van der Waals surface area contributed by atoms with Gasteiger partial charge < -0.3 is 10.2 Å². The van der Waals surface area contributed by atoms with Crippen LogP contribution in [0.3, 0.4) is 0 Å². The SMILES string of the molecule is CC(N)C(c1ccco1)N1CCCS(=O)(=O)CC1. The molecular weight excluding hydrogens is 252 g/mol. The summed E-state index contributed by atoms with van der Waals surface area (Å²) in [6, 6.07) is 3.58. The topological polar surface area (TPSA) is 76.5 Å². The fraction of sp³-hybridized carbons (Fsp3) is 0.667. The van der Waals surface area contributed by atoms with Gasteiger partial charge in [-0.25, -0.2) is 8.42 Å². The summed E-state index contributed by atoms with van der Waals surface area (Å²) in [4.78, 5) is 2.12. The van der Waals surface area contributed by atoms with Crippen LogP contribution < -0.4 is 5.73 Å². The maximum atomic E-state index is 11.6. The molecule has 1 saturated heterocycles. The number of rotatable bonds is 3. The molecule has 1 aliphatic heterocycles. The van der Waals surface area contributed by atoms with E-state index in [2.05, 4.69) is 4.90 Å². The number of sulfone groups is 1.